The molecule has 1 N–H and O–H groups in total. The number of benzene rings is 2. The quantitative estimate of drug-likeness (QED) is 0.832. The molecule has 2 aromatic rings. The largest absolute Gasteiger partial charge is 0.484 e. The van der Waals surface area contributed by atoms with Crippen molar-refractivity contribution in [3.8, 4) is 11.5 Å². The Morgan fingerprint density at radius 2 is 1.86 bits per heavy atom. The molecule has 0 aromatic heterocycles. The number of rotatable bonds is 6. The molecule has 2 rings (SSSR count). The second kappa shape index (κ2) is 7.74. The van der Waals surface area contributed by atoms with Crippen LogP contribution in [0.2, 0.25) is 0 Å². The molecule has 0 saturated carbocycles. The zero-order chi connectivity index (χ0) is 15.9. The van der Waals surface area contributed by atoms with Gasteiger partial charge in [-0.1, -0.05) is 22.0 Å². The minimum atomic E-state index is -2.88. The molecular weight excluding hydrogens is 360 g/mol. The SMILES string of the molecule is O=C(COc1cccc(Br)c1)Nc1ccc(OC(F)F)cc1. The van der Waals surface area contributed by atoms with Gasteiger partial charge < -0.3 is 14.8 Å². The van der Waals surface area contributed by atoms with Gasteiger partial charge in [-0.25, -0.2) is 0 Å². The van der Waals surface area contributed by atoms with Crippen LogP contribution in [0.25, 0.3) is 0 Å². The van der Waals surface area contributed by atoms with Gasteiger partial charge in [0.1, 0.15) is 11.5 Å². The van der Waals surface area contributed by atoms with Gasteiger partial charge in [-0.2, -0.15) is 8.78 Å². The van der Waals surface area contributed by atoms with Gasteiger partial charge in [0.2, 0.25) is 0 Å². The van der Waals surface area contributed by atoms with Crippen molar-refractivity contribution in [2.75, 3.05) is 11.9 Å². The summed E-state index contributed by atoms with van der Waals surface area (Å²) in [6, 6.07) is 12.7. The zero-order valence-corrected chi connectivity index (χ0v) is 12.8. The highest BCUT2D eigenvalue weighted by Gasteiger charge is 2.06. The first-order valence-corrected chi connectivity index (χ1v) is 7.05. The van der Waals surface area contributed by atoms with Crippen molar-refractivity contribution >= 4 is 27.5 Å². The average Bonchev–Trinajstić information content (AvgIpc) is 2.47. The molecular formula is C15H12BrF2NO3. The van der Waals surface area contributed by atoms with Crippen LogP contribution < -0.4 is 14.8 Å². The highest BCUT2D eigenvalue weighted by Crippen LogP contribution is 2.19. The van der Waals surface area contributed by atoms with Crippen molar-refractivity contribution in [2.24, 2.45) is 0 Å². The van der Waals surface area contributed by atoms with E-state index >= 15 is 0 Å². The third-order valence-corrected chi connectivity index (χ3v) is 3.02. The Bertz CT molecular complexity index is 635. The lowest BCUT2D eigenvalue weighted by Crippen LogP contribution is -2.20. The Morgan fingerprint density at radius 1 is 1.14 bits per heavy atom. The van der Waals surface area contributed by atoms with Crippen molar-refractivity contribution < 1.29 is 23.0 Å². The lowest BCUT2D eigenvalue weighted by atomic mass is 10.3. The first kappa shape index (κ1) is 16.2. The van der Waals surface area contributed by atoms with Crippen molar-refractivity contribution in [1.82, 2.24) is 0 Å². The van der Waals surface area contributed by atoms with E-state index in [0.29, 0.717) is 11.4 Å². The molecule has 0 radical (unpaired) electrons. The number of hydrogen-bond donors (Lipinski definition) is 1. The van der Waals surface area contributed by atoms with E-state index in [0.717, 1.165) is 4.47 Å². The van der Waals surface area contributed by atoms with Gasteiger partial charge in [-0.05, 0) is 42.5 Å². The van der Waals surface area contributed by atoms with E-state index in [4.69, 9.17) is 4.74 Å². The van der Waals surface area contributed by atoms with Gasteiger partial charge in [-0.3, -0.25) is 4.79 Å². The van der Waals surface area contributed by atoms with Crippen LogP contribution in [0.4, 0.5) is 14.5 Å². The van der Waals surface area contributed by atoms with Gasteiger partial charge in [0.15, 0.2) is 6.61 Å². The van der Waals surface area contributed by atoms with Crippen LogP contribution in [-0.2, 0) is 4.79 Å². The van der Waals surface area contributed by atoms with Gasteiger partial charge in [-0.15, -0.1) is 0 Å². The van der Waals surface area contributed by atoms with Crippen LogP contribution in [0.3, 0.4) is 0 Å². The van der Waals surface area contributed by atoms with Crippen molar-refractivity contribution in [3.63, 3.8) is 0 Å². The Morgan fingerprint density at radius 3 is 2.50 bits per heavy atom. The lowest BCUT2D eigenvalue weighted by molar-refractivity contribution is -0.118. The van der Waals surface area contributed by atoms with Gasteiger partial charge in [0.25, 0.3) is 5.91 Å². The van der Waals surface area contributed by atoms with Crippen LogP contribution in [0.1, 0.15) is 0 Å². The minimum Gasteiger partial charge on any atom is -0.484 e. The third-order valence-electron chi connectivity index (χ3n) is 2.53. The fourth-order valence-electron chi connectivity index (χ4n) is 1.62. The molecule has 116 valence electrons. The summed E-state index contributed by atoms with van der Waals surface area (Å²) in [5, 5.41) is 2.59. The molecule has 0 aliphatic rings. The minimum absolute atomic E-state index is 0.0263. The Kier molecular flexibility index (Phi) is 5.71. The molecule has 4 nitrogen and oxygen atoms in total. The van der Waals surface area contributed by atoms with Crippen molar-refractivity contribution in [2.45, 2.75) is 6.61 Å². The highest BCUT2D eigenvalue weighted by molar-refractivity contribution is 9.10. The summed E-state index contributed by atoms with van der Waals surface area (Å²) in [6.07, 6.45) is 0. The standard InChI is InChI=1S/C15H12BrF2NO3/c16-10-2-1-3-13(8-10)21-9-14(20)19-11-4-6-12(7-5-11)22-15(17)18/h1-8,15H,9H2,(H,19,20). The number of hydrogen-bond acceptors (Lipinski definition) is 3. The molecule has 0 heterocycles. The van der Waals surface area contributed by atoms with Gasteiger partial charge in [0.05, 0.1) is 0 Å². The number of alkyl halides is 2. The summed E-state index contributed by atoms with van der Waals surface area (Å²) in [6.45, 7) is -3.04. The lowest BCUT2D eigenvalue weighted by Gasteiger charge is -2.09. The molecule has 0 fully saturated rings. The predicted octanol–water partition coefficient (Wildman–Crippen LogP) is 4.07. The summed E-state index contributed by atoms with van der Waals surface area (Å²) in [5.74, 6) is 0.228. The monoisotopic (exact) mass is 371 g/mol. The smallest absolute Gasteiger partial charge is 0.387 e. The molecule has 1 amide bonds. The number of amides is 1. The summed E-state index contributed by atoms with van der Waals surface area (Å²) >= 11 is 3.30. The number of nitrogens with one attached hydrogen (secondary N) is 1. The number of ether oxygens (including phenoxy) is 2. The van der Waals surface area contributed by atoms with E-state index < -0.39 is 6.61 Å². The van der Waals surface area contributed by atoms with Crippen LogP contribution in [0, 0.1) is 0 Å². The molecule has 0 aliphatic heterocycles. The Hall–Kier alpha value is -2.15. The van der Waals surface area contributed by atoms with Crippen LogP contribution in [-0.4, -0.2) is 19.1 Å². The molecule has 22 heavy (non-hydrogen) atoms. The highest BCUT2D eigenvalue weighted by atomic mass is 79.9. The topological polar surface area (TPSA) is 47.6 Å². The van der Waals surface area contributed by atoms with Crippen molar-refractivity contribution in [1.29, 1.82) is 0 Å². The van der Waals surface area contributed by atoms with E-state index in [1.165, 1.54) is 24.3 Å². The van der Waals surface area contributed by atoms with E-state index in [9.17, 15) is 13.6 Å². The van der Waals surface area contributed by atoms with Crippen LogP contribution >= 0.6 is 15.9 Å². The first-order valence-electron chi connectivity index (χ1n) is 6.26. The molecule has 0 spiro atoms. The second-order valence-electron chi connectivity index (χ2n) is 4.20. The third kappa shape index (κ3) is 5.33. The number of halogens is 3. The van der Waals surface area contributed by atoms with Gasteiger partial charge >= 0.3 is 6.61 Å². The van der Waals surface area contributed by atoms with Gasteiger partial charge in [0, 0.05) is 10.2 Å². The molecule has 0 unspecified atom stereocenters. The second-order valence-corrected chi connectivity index (χ2v) is 5.11. The van der Waals surface area contributed by atoms with E-state index in [2.05, 4.69) is 26.0 Å². The number of carbonyl (C=O) groups is 1. The molecule has 0 atom stereocenters. The molecule has 0 saturated heterocycles. The molecule has 0 aliphatic carbocycles. The number of carbonyl (C=O) groups excluding carboxylic acids is 1. The summed E-state index contributed by atoms with van der Waals surface area (Å²) in [5.41, 5.74) is 0.462. The Balaban J connectivity index is 1.84. The summed E-state index contributed by atoms with van der Waals surface area (Å²) < 4.78 is 34.4. The average molecular weight is 372 g/mol. The van der Waals surface area contributed by atoms with E-state index in [1.807, 2.05) is 6.07 Å². The summed E-state index contributed by atoms with van der Waals surface area (Å²) in [4.78, 5) is 11.7. The predicted molar refractivity (Wildman–Crippen MR) is 81.3 cm³/mol. The zero-order valence-electron chi connectivity index (χ0n) is 11.3. The first-order chi connectivity index (χ1) is 10.5. The fraction of sp³-hybridized carbons (Fsp3) is 0.133. The maximum absolute atomic E-state index is 12.0. The maximum atomic E-state index is 12.0. The Labute approximate surface area is 134 Å². The molecule has 7 heteroatoms. The maximum Gasteiger partial charge on any atom is 0.387 e. The van der Waals surface area contributed by atoms with Crippen LogP contribution in [0.5, 0.6) is 11.5 Å². The summed E-state index contributed by atoms with van der Waals surface area (Å²) in [7, 11) is 0. The molecule has 2 aromatic carbocycles. The van der Waals surface area contributed by atoms with Crippen LogP contribution in [0.15, 0.2) is 53.0 Å². The normalized spacial score (nSPS) is 10.4. The van der Waals surface area contributed by atoms with E-state index in [-0.39, 0.29) is 18.3 Å². The van der Waals surface area contributed by atoms with Crippen molar-refractivity contribution in [3.05, 3.63) is 53.0 Å². The van der Waals surface area contributed by atoms with E-state index in [1.54, 1.807) is 18.2 Å². The fourth-order valence-corrected chi connectivity index (χ4v) is 2.00. The number of anilines is 1. The molecule has 0 bridgehead atoms.